The number of aliphatic hydroxyl groups is 1. The van der Waals surface area contributed by atoms with E-state index in [0.29, 0.717) is 6.61 Å². The quantitative estimate of drug-likeness (QED) is 0.641. The second-order valence-corrected chi connectivity index (χ2v) is 3.21. The summed E-state index contributed by atoms with van der Waals surface area (Å²) < 4.78 is 6.13. The van der Waals surface area contributed by atoms with Crippen LogP contribution in [0.4, 0.5) is 0 Å². The maximum atomic E-state index is 8.30. The molecule has 0 aromatic heterocycles. The SMILES string of the molecule is C[C](=[Zr+2])OCCCO. The first-order valence-electron chi connectivity index (χ1n) is 2.56. The van der Waals surface area contributed by atoms with Crippen molar-refractivity contribution < 1.29 is 34.1 Å². The molecule has 0 heterocycles. The Morgan fingerprint density at radius 2 is 2.38 bits per heavy atom. The van der Waals surface area contributed by atoms with Gasteiger partial charge in [-0.3, -0.25) is 0 Å². The molecule has 0 saturated carbocycles. The van der Waals surface area contributed by atoms with Crippen LogP contribution in [0, 0.1) is 0 Å². The Morgan fingerprint density at radius 3 is 2.75 bits per heavy atom. The first kappa shape index (κ1) is 8.67. The molecule has 0 radical (unpaired) electrons. The second-order valence-electron chi connectivity index (χ2n) is 1.48. The topological polar surface area (TPSA) is 29.5 Å². The zero-order valence-corrected chi connectivity index (χ0v) is 7.43. The summed E-state index contributed by atoms with van der Waals surface area (Å²) in [6.07, 6.45) is 0.742. The van der Waals surface area contributed by atoms with Gasteiger partial charge in [0.2, 0.25) is 0 Å². The molecule has 0 aromatic rings. The van der Waals surface area contributed by atoms with Crippen molar-refractivity contribution in [3.8, 4) is 0 Å². The fourth-order valence-corrected chi connectivity index (χ4v) is 0.541. The molecule has 1 N–H and O–H groups in total. The molecule has 0 aliphatic rings. The summed E-state index contributed by atoms with van der Waals surface area (Å²) in [5.41, 5.74) is 0. The van der Waals surface area contributed by atoms with E-state index < -0.39 is 0 Å². The third-order valence-electron chi connectivity index (χ3n) is 0.621. The molecule has 0 spiro atoms. The van der Waals surface area contributed by atoms with Crippen LogP contribution in [0.25, 0.3) is 0 Å². The van der Waals surface area contributed by atoms with Crippen molar-refractivity contribution in [3.63, 3.8) is 0 Å². The van der Waals surface area contributed by atoms with Gasteiger partial charge in [-0.2, -0.15) is 0 Å². The molecule has 0 aromatic carbocycles. The van der Waals surface area contributed by atoms with Gasteiger partial charge in [0.05, 0.1) is 0 Å². The van der Waals surface area contributed by atoms with Crippen LogP contribution in [0.3, 0.4) is 0 Å². The van der Waals surface area contributed by atoms with E-state index in [4.69, 9.17) is 9.84 Å². The summed E-state index contributed by atoms with van der Waals surface area (Å²) in [6.45, 7) is 2.83. The van der Waals surface area contributed by atoms with Gasteiger partial charge in [-0.25, -0.2) is 0 Å². The van der Waals surface area contributed by atoms with E-state index in [0.717, 1.165) is 9.81 Å². The van der Waals surface area contributed by atoms with Gasteiger partial charge in [0.1, 0.15) is 0 Å². The minimum absolute atomic E-state index is 0.226. The Kier molecular flexibility index (Phi) is 6.29. The summed E-state index contributed by atoms with van der Waals surface area (Å²) in [5.74, 6) is 0. The Balaban J connectivity index is 2.82. The summed E-state index contributed by atoms with van der Waals surface area (Å²) in [7, 11) is 0. The van der Waals surface area contributed by atoms with Gasteiger partial charge in [0, 0.05) is 0 Å². The van der Waals surface area contributed by atoms with Crippen LogP contribution in [0.2, 0.25) is 0 Å². The molecule has 2 nitrogen and oxygen atoms in total. The van der Waals surface area contributed by atoms with E-state index in [1.165, 1.54) is 24.2 Å². The van der Waals surface area contributed by atoms with Crippen LogP contribution in [-0.4, -0.2) is 21.7 Å². The Bertz CT molecular complexity index is 72.8. The molecule has 0 aliphatic carbocycles. The van der Waals surface area contributed by atoms with Crippen LogP contribution >= 0.6 is 0 Å². The average Bonchev–Trinajstić information content (AvgIpc) is 1.66. The van der Waals surface area contributed by atoms with Crippen molar-refractivity contribution in [3.05, 3.63) is 0 Å². The van der Waals surface area contributed by atoms with Gasteiger partial charge in [-0.1, -0.05) is 0 Å². The van der Waals surface area contributed by atoms with E-state index in [1.54, 1.807) is 0 Å². The van der Waals surface area contributed by atoms with Gasteiger partial charge in [0.15, 0.2) is 0 Å². The summed E-state index contributed by atoms with van der Waals surface area (Å²) in [6, 6.07) is 0. The van der Waals surface area contributed by atoms with Crippen LogP contribution < -0.4 is 0 Å². The van der Waals surface area contributed by atoms with Crippen molar-refractivity contribution in [1.29, 1.82) is 0 Å². The van der Waals surface area contributed by atoms with E-state index in [-0.39, 0.29) is 6.61 Å². The van der Waals surface area contributed by atoms with Crippen LogP contribution in [0.5, 0.6) is 0 Å². The van der Waals surface area contributed by atoms with Gasteiger partial charge in [-0.15, -0.1) is 0 Å². The Morgan fingerprint density at radius 1 is 1.75 bits per heavy atom. The molecule has 0 bridgehead atoms. The van der Waals surface area contributed by atoms with Gasteiger partial charge in [-0.05, 0) is 0 Å². The normalized spacial score (nSPS) is 9.50. The molecule has 0 fully saturated rings. The van der Waals surface area contributed by atoms with Crippen LogP contribution in [-0.2, 0) is 29.0 Å². The van der Waals surface area contributed by atoms with Crippen molar-refractivity contribution in [2.75, 3.05) is 13.2 Å². The zero-order chi connectivity index (χ0) is 6.41. The molecule has 0 amide bonds. The predicted molar refractivity (Wildman–Crippen MR) is 28.3 cm³/mol. The molecular weight excluding hydrogens is 183 g/mol. The molecule has 3 heteroatoms. The molecule has 0 rings (SSSR count). The van der Waals surface area contributed by atoms with Crippen molar-refractivity contribution in [1.82, 2.24) is 0 Å². The number of rotatable bonds is 4. The summed E-state index contributed by atoms with van der Waals surface area (Å²) in [4.78, 5) is 0. The number of hydrogen-bond donors (Lipinski definition) is 1. The van der Waals surface area contributed by atoms with E-state index in [9.17, 15) is 0 Å². The fraction of sp³-hybridized carbons (Fsp3) is 0.800. The fourth-order valence-electron chi connectivity index (χ4n) is 0.290. The molecule has 0 unspecified atom stereocenters. The molecule has 44 valence electrons. The monoisotopic (exact) mass is 192 g/mol. The Labute approximate surface area is 64.2 Å². The third kappa shape index (κ3) is 6.67. The molecule has 0 atom stereocenters. The minimum atomic E-state index is 0.226. The average molecular weight is 193 g/mol. The Hall–Kier alpha value is 0.673. The van der Waals surface area contributed by atoms with Gasteiger partial charge >= 0.3 is 64.0 Å². The van der Waals surface area contributed by atoms with Crippen molar-refractivity contribution in [2.24, 2.45) is 0 Å². The van der Waals surface area contributed by atoms with Crippen LogP contribution in [0.1, 0.15) is 13.3 Å². The van der Waals surface area contributed by atoms with E-state index in [2.05, 4.69) is 0 Å². The number of aliphatic hydroxyl groups excluding tert-OH is 1. The zero-order valence-electron chi connectivity index (χ0n) is 4.98. The summed E-state index contributed by atoms with van der Waals surface area (Å²) in [5, 5.41) is 8.30. The van der Waals surface area contributed by atoms with E-state index >= 15 is 0 Å². The van der Waals surface area contributed by atoms with E-state index in [1.807, 2.05) is 6.92 Å². The van der Waals surface area contributed by atoms with Gasteiger partial charge < -0.3 is 0 Å². The third-order valence-corrected chi connectivity index (χ3v) is 0.976. The standard InChI is InChI=1S/C5H10O2.Zr/c1-2-7-5-3-4-6;/h6H,3-5H2,1H3;/q;+2. The van der Waals surface area contributed by atoms with Crippen molar-refractivity contribution in [2.45, 2.75) is 13.3 Å². The molecular formula is C5H10O2Zr+2. The van der Waals surface area contributed by atoms with Gasteiger partial charge in [0.25, 0.3) is 0 Å². The molecule has 0 saturated heterocycles. The predicted octanol–water partition coefficient (Wildman–Crippen LogP) is 0.0820. The number of hydrogen-bond acceptors (Lipinski definition) is 2. The second kappa shape index (κ2) is 5.80. The van der Waals surface area contributed by atoms with Crippen LogP contribution in [0.15, 0.2) is 0 Å². The molecule has 8 heavy (non-hydrogen) atoms. The van der Waals surface area contributed by atoms with Crippen molar-refractivity contribution >= 4 is 3.39 Å². The first-order valence-corrected chi connectivity index (χ1v) is 3.79. The summed E-state index contributed by atoms with van der Waals surface area (Å²) >= 11 is 1.32. The molecule has 0 aliphatic heterocycles. The number of ether oxygens (including phenoxy) is 1. The maximum absolute atomic E-state index is 8.30. The first-order chi connectivity index (χ1) is 3.77.